The molecular weight excluding hydrogens is 282 g/mol. The SMILES string of the molecule is CCCC[n+]1cccc(/C=C/c2nc3cc(C)c(C)cc3[nH]2)c1. The van der Waals surface area contributed by atoms with Gasteiger partial charge in [-0.15, -0.1) is 0 Å². The quantitative estimate of drug-likeness (QED) is 0.695. The van der Waals surface area contributed by atoms with Gasteiger partial charge in [-0.2, -0.15) is 0 Å². The van der Waals surface area contributed by atoms with Crippen LogP contribution in [0.25, 0.3) is 23.2 Å². The van der Waals surface area contributed by atoms with Gasteiger partial charge >= 0.3 is 0 Å². The molecule has 3 heteroatoms. The highest BCUT2D eigenvalue weighted by Crippen LogP contribution is 2.18. The molecule has 1 aromatic carbocycles. The molecule has 3 rings (SSSR count). The lowest BCUT2D eigenvalue weighted by molar-refractivity contribution is -0.697. The zero-order valence-corrected chi connectivity index (χ0v) is 14.1. The van der Waals surface area contributed by atoms with Crippen molar-refractivity contribution in [2.45, 2.75) is 40.2 Å². The van der Waals surface area contributed by atoms with Crippen LogP contribution in [0, 0.1) is 13.8 Å². The highest BCUT2D eigenvalue weighted by atomic mass is 14.9. The summed E-state index contributed by atoms with van der Waals surface area (Å²) in [5.74, 6) is 0.897. The molecule has 0 aliphatic carbocycles. The van der Waals surface area contributed by atoms with Gasteiger partial charge in [0.2, 0.25) is 0 Å². The van der Waals surface area contributed by atoms with Crippen LogP contribution in [-0.2, 0) is 6.54 Å². The summed E-state index contributed by atoms with van der Waals surface area (Å²) in [6.07, 6.45) is 10.9. The Hall–Kier alpha value is -2.42. The fourth-order valence-electron chi connectivity index (χ4n) is 2.66. The van der Waals surface area contributed by atoms with Crippen LogP contribution >= 0.6 is 0 Å². The Morgan fingerprint density at radius 2 is 2.00 bits per heavy atom. The summed E-state index contributed by atoms with van der Waals surface area (Å²) in [4.78, 5) is 8.03. The van der Waals surface area contributed by atoms with Gasteiger partial charge in [-0.3, -0.25) is 0 Å². The molecule has 0 saturated heterocycles. The number of benzene rings is 1. The van der Waals surface area contributed by atoms with Crippen LogP contribution in [0.3, 0.4) is 0 Å². The average Bonchev–Trinajstić information content (AvgIpc) is 2.93. The summed E-state index contributed by atoms with van der Waals surface area (Å²) in [5.41, 5.74) is 5.88. The Morgan fingerprint density at radius 1 is 1.17 bits per heavy atom. The molecule has 0 fully saturated rings. The van der Waals surface area contributed by atoms with E-state index in [1.807, 2.05) is 6.08 Å². The van der Waals surface area contributed by atoms with E-state index >= 15 is 0 Å². The number of pyridine rings is 1. The van der Waals surface area contributed by atoms with Crippen LogP contribution in [0.1, 0.15) is 42.3 Å². The van der Waals surface area contributed by atoms with Crippen molar-refractivity contribution in [2.75, 3.05) is 0 Å². The van der Waals surface area contributed by atoms with Crippen LogP contribution in [0.15, 0.2) is 36.7 Å². The lowest BCUT2D eigenvalue weighted by Crippen LogP contribution is -2.32. The predicted molar refractivity (Wildman–Crippen MR) is 96.0 cm³/mol. The van der Waals surface area contributed by atoms with Crippen molar-refractivity contribution in [3.05, 3.63) is 59.2 Å². The van der Waals surface area contributed by atoms with E-state index in [0.29, 0.717) is 0 Å². The van der Waals surface area contributed by atoms with Gasteiger partial charge in [0.1, 0.15) is 12.4 Å². The number of hydrogen-bond acceptors (Lipinski definition) is 1. The number of unbranched alkanes of at least 4 members (excludes halogenated alkanes) is 1. The summed E-state index contributed by atoms with van der Waals surface area (Å²) in [6.45, 7) is 7.54. The number of rotatable bonds is 5. The molecule has 2 aromatic heterocycles. The van der Waals surface area contributed by atoms with Crippen molar-refractivity contribution in [1.29, 1.82) is 0 Å². The summed E-state index contributed by atoms with van der Waals surface area (Å²) in [7, 11) is 0. The minimum atomic E-state index is 0.897. The highest BCUT2D eigenvalue weighted by Gasteiger charge is 2.04. The third kappa shape index (κ3) is 3.67. The van der Waals surface area contributed by atoms with Crippen LogP contribution in [0.4, 0.5) is 0 Å². The second kappa shape index (κ2) is 6.78. The molecule has 0 saturated carbocycles. The lowest BCUT2D eigenvalue weighted by atomic mass is 10.1. The normalized spacial score (nSPS) is 11.6. The minimum Gasteiger partial charge on any atom is -0.338 e. The van der Waals surface area contributed by atoms with Gasteiger partial charge in [0.05, 0.1) is 11.0 Å². The molecule has 3 nitrogen and oxygen atoms in total. The van der Waals surface area contributed by atoms with Crippen LogP contribution in [-0.4, -0.2) is 9.97 Å². The van der Waals surface area contributed by atoms with E-state index in [0.717, 1.165) is 23.4 Å². The molecule has 3 aromatic rings. The fraction of sp³-hybridized carbons (Fsp3) is 0.300. The van der Waals surface area contributed by atoms with Crippen LogP contribution in [0.5, 0.6) is 0 Å². The number of aryl methyl sites for hydroxylation is 3. The number of hydrogen-bond donors (Lipinski definition) is 1. The second-order valence-corrected chi connectivity index (χ2v) is 6.14. The van der Waals surface area contributed by atoms with E-state index < -0.39 is 0 Å². The first-order valence-corrected chi connectivity index (χ1v) is 8.30. The Kier molecular flexibility index (Phi) is 4.56. The second-order valence-electron chi connectivity index (χ2n) is 6.14. The fourth-order valence-corrected chi connectivity index (χ4v) is 2.66. The summed E-state index contributed by atoms with van der Waals surface area (Å²) in [5, 5.41) is 0. The molecule has 0 amide bonds. The molecule has 0 aliphatic heterocycles. The molecule has 23 heavy (non-hydrogen) atoms. The monoisotopic (exact) mass is 306 g/mol. The van der Waals surface area contributed by atoms with Crippen molar-refractivity contribution in [1.82, 2.24) is 9.97 Å². The summed E-state index contributed by atoms with van der Waals surface area (Å²) in [6, 6.07) is 8.52. The number of H-pyrrole nitrogens is 1. The van der Waals surface area contributed by atoms with Crippen molar-refractivity contribution in [3.8, 4) is 0 Å². The molecule has 0 unspecified atom stereocenters. The zero-order chi connectivity index (χ0) is 16.2. The van der Waals surface area contributed by atoms with Crippen molar-refractivity contribution in [3.63, 3.8) is 0 Å². The first kappa shape index (κ1) is 15.5. The predicted octanol–water partition coefficient (Wildman–Crippen LogP) is 4.44. The van der Waals surface area contributed by atoms with E-state index in [1.165, 1.54) is 29.5 Å². The number of fused-ring (bicyclic) bond motifs is 1. The number of imidazole rings is 1. The Bertz CT molecular complexity index is 804. The maximum atomic E-state index is 4.65. The van der Waals surface area contributed by atoms with Crippen LogP contribution in [0.2, 0.25) is 0 Å². The van der Waals surface area contributed by atoms with Gasteiger partial charge in [0.15, 0.2) is 12.4 Å². The van der Waals surface area contributed by atoms with Gasteiger partial charge in [0.25, 0.3) is 0 Å². The minimum absolute atomic E-state index is 0.897. The van der Waals surface area contributed by atoms with Crippen molar-refractivity contribution < 1.29 is 4.57 Å². The molecule has 1 N–H and O–H groups in total. The molecule has 2 heterocycles. The molecule has 0 radical (unpaired) electrons. The number of nitrogens with one attached hydrogen (secondary N) is 1. The van der Waals surface area contributed by atoms with Crippen molar-refractivity contribution in [2.24, 2.45) is 0 Å². The van der Waals surface area contributed by atoms with E-state index in [1.54, 1.807) is 0 Å². The molecule has 118 valence electrons. The maximum Gasteiger partial charge on any atom is 0.176 e. The topological polar surface area (TPSA) is 32.6 Å². The molecule has 0 bridgehead atoms. The van der Waals surface area contributed by atoms with Gasteiger partial charge < -0.3 is 4.98 Å². The molecule has 0 aliphatic rings. The zero-order valence-electron chi connectivity index (χ0n) is 14.1. The Morgan fingerprint density at radius 3 is 2.83 bits per heavy atom. The third-order valence-corrected chi connectivity index (χ3v) is 4.20. The summed E-state index contributed by atoms with van der Waals surface area (Å²) >= 11 is 0. The van der Waals surface area contributed by atoms with Crippen molar-refractivity contribution >= 4 is 23.2 Å². The van der Waals surface area contributed by atoms with E-state index in [2.05, 4.69) is 78.0 Å². The molecule has 0 atom stereocenters. The summed E-state index contributed by atoms with van der Waals surface area (Å²) < 4.78 is 2.24. The number of aromatic amines is 1. The highest BCUT2D eigenvalue weighted by molar-refractivity contribution is 5.80. The van der Waals surface area contributed by atoms with Gasteiger partial charge in [0, 0.05) is 18.1 Å². The maximum absolute atomic E-state index is 4.65. The van der Waals surface area contributed by atoms with Crippen LogP contribution < -0.4 is 4.57 Å². The lowest BCUT2D eigenvalue weighted by Gasteiger charge is -1.97. The third-order valence-electron chi connectivity index (χ3n) is 4.20. The smallest absolute Gasteiger partial charge is 0.176 e. The van der Waals surface area contributed by atoms with Gasteiger partial charge in [-0.1, -0.05) is 13.3 Å². The van der Waals surface area contributed by atoms with E-state index in [9.17, 15) is 0 Å². The average molecular weight is 306 g/mol. The standard InChI is InChI=1S/C20H24N3/c1-4-5-10-23-11-6-7-17(14-23)8-9-20-21-18-12-15(2)16(3)13-19(18)22-20/h6-9,11-14H,4-5,10H2,1-3H3,(H,21,22)/q+1/b9-8+. The molecule has 0 spiro atoms. The number of nitrogens with zero attached hydrogens (tertiary/aromatic N) is 2. The van der Waals surface area contributed by atoms with E-state index in [4.69, 9.17) is 0 Å². The Labute approximate surface area is 137 Å². The first-order chi connectivity index (χ1) is 11.2. The van der Waals surface area contributed by atoms with E-state index in [-0.39, 0.29) is 0 Å². The first-order valence-electron chi connectivity index (χ1n) is 8.30. The van der Waals surface area contributed by atoms with Gasteiger partial charge in [-0.25, -0.2) is 9.55 Å². The number of aromatic nitrogens is 3. The van der Waals surface area contributed by atoms with Gasteiger partial charge in [-0.05, 0) is 55.3 Å². The largest absolute Gasteiger partial charge is 0.338 e. The molecular formula is C20H24N3+. The Balaban J connectivity index is 1.82.